The molecule has 0 bridgehead atoms. The standard InChI is InChI=1S/C17H16ClNO6/c1-2-23-9-10-24-17(20)12-3-6-14(7-4-12)25-16-8-5-13(18)11-15(16)19(21)22/h3-8,11H,2,9-10H2,1H3. The maximum absolute atomic E-state index is 11.8. The molecule has 0 N–H and O–H groups in total. The Morgan fingerprint density at radius 2 is 1.88 bits per heavy atom. The minimum absolute atomic E-state index is 0.0569. The smallest absolute Gasteiger partial charge is 0.338 e. The van der Waals surface area contributed by atoms with Crippen LogP contribution in [0.25, 0.3) is 0 Å². The van der Waals surface area contributed by atoms with E-state index >= 15 is 0 Å². The molecule has 132 valence electrons. The molecule has 0 fully saturated rings. The maximum Gasteiger partial charge on any atom is 0.338 e. The summed E-state index contributed by atoms with van der Waals surface area (Å²) in [5.74, 6) is -0.0820. The Labute approximate surface area is 149 Å². The Hall–Kier alpha value is -2.64. The second-order valence-electron chi connectivity index (χ2n) is 4.83. The van der Waals surface area contributed by atoms with E-state index in [9.17, 15) is 14.9 Å². The van der Waals surface area contributed by atoms with Gasteiger partial charge in [0.05, 0.1) is 17.1 Å². The van der Waals surface area contributed by atoms with Crippen molar-refractivity contribution in [1.82, 2.24) is 0 Å². The normalized spacial score (nSPS) is 10.3. The number of rotatable bonds is 8. The fourth-order valence-corrected chi connectivity index (χ4v) is 2.09. The molecular weight excluding hydrogens is 350 g/mol. The van der Waals surface area contributed by atoms with Crippen LogP contribution in [0.5, 0.6) is 11.5 Å². The van der Waals surface area contributed by atoms with Crippen LogP contribution in [0.1, 0.15) is 17.3 Å². The quantitative estimate of drug-likeness (QED) is 0.301. The van der Waals surface area contributed by atoms with Crippen molar-refractivity contribution in [2.24, 2.45) is 0 Å². The molecule has 0 aliphatic rings. The first-order valence-corrected chi connectivity index (χ1v) is 7.85. The third-order valence-electron chi connectivity index (χ3n) is 3.10. The number of hydrogen-bond acceptors (Lipinski definition) is 6. The topological polar surface area (TPSA) is 87.9 Å². The molecule has 0 saturated heterocycles. The van der Waals surface area contributed by atoms with Crippen LogP contribution in [-0.2, 0) is 9.47 Å². The molecule has 0 radical (unpaired) electrons. The lowest BCUT2D eigenvalue weighted by Gasteiger charge is -2.08. The molecule has 0 saturated carbocycles. The van der Waals surface area contributed by atoms with Crippen molar-refractivity contribution in [3.05, 3.63) is 63.2 Å². The second-order valence-corrected chi connectivity index (χ2v) is 5.26. The molecule has 0 aliphatic heterocycles. The lowest BCUT2D eigenvalue weighted by molar-refractivity contribution is -0.385. The highest BCUT2D eigenvalue weighted by molar-refractivity contribution is 6.30. The van der Waals surface area contributed by atoms with E-state index in [1.165, 1.54) is 42.5 Å². The van der Waals surface area contributed by atoms with Gasteiger partial charge in [-0.1, -0.05) is 11.6 Å². The van der Waals surface area contributed by atoms with Gasteiger partial charge < -0.3 is 14.2 Å². The monoisotopic (exact) mass is 365 g/mol. The van der Waals surface area contributed by atoms with Crippen LogP contribution >= 0.6 is 11.6 Å². The van der Waals surface area contributed by atoms with E-state index in [0.717, 1.165) is 0 Å². The van der Waals surface area contributed by atoms with Crippen molar-refractivity contribution in [2.45, 2.75) is 6.92 Å². The van der Waals surface area contributed by atoms with Gasteiger partial charge in [0.1, 0.15) is 12.4 Å². The Bertz CT molecular complexity index is 747. The number of nitro groups is 1. The van der Waals surface area contributed by atoms with Crippen LogP contribution in [0.2, 0.25) is 5.02 Å². The van der Waals surface area contributed by atoms with Gasteiger partial charge in [0, 0.05) is 17.7 Å². The van der Waals surface area contributed by atoms with E-state index in [-0.39, 0.29) is 23.1 Å². The van der Waals surface area contributed by atoms with Gasteiger partial charge in [-0.15, -0.1) is 0 Å². The van der Waals surface area contributed by atoms with Gasteiger partial charge in [-0.2, -0.15) is 0 Å². The Kier molecular flexibility index (Phi) is 6.73. The molecule has 0 spiro atoms. The second kappa shape index (κ2) is 9.00. The van der Waals surface area contributed by atoms with E-state index in [1.54, 1.807) is 0 Å². The van der Waals surface area contributed by atoms with Crippen LogP contribution in [0.15, 0.2) is 42.5 Å². The molecule has 0 heterocycles. The van der Waals surface area contributed by atoms with Crippen LogP contribution in [0.3, 0.4) is 0 Å². The zero-order chi connectivity index (χ0) is 18.2. The fraction of sp³-hybridized carbons (Fsp3) is 0.235. The predicted molar refractivity (Wildman–Crippen MR) is 91.4 cm³/mol. The number of carbonyl (C=O) groups is 1. The Balaban J connectivity index is 2.03. The van der Waals surface area contributed by atoms with Gasteiger partial charge in [0.15, 0.2) is 0 Å². The summed E-state index contributed by atoms with van der Waals surface area (Å²) in [7, 11) is 0. The van der Waals surface area contributed by atoms with Crippen LogP contribution in [0, 0.1) is 10.1 Å². The summed E-state index contributed by atoms with van der Waals surface area (Å²) in [6, 6.07) is 10.2. The third-order valence-corrected chi connectivity index (χ3v) is 3.34. The summed E-state index contributed by atoms with van der Waals surface area (Å²) in [6.07, 6.45) is 0. The molecule has 2 rings (SSSR count). The van der Waals surface area contributed by atoms with Gasteiger partial charge in [0.2, 0.25) is 5.75 Å². The zero-order valence-electron chi connectivity index (χ0n) is 13.4. The minimum atomic E-state index is -0.578. The SMILES string of the molecule is CCOCCOC(=O)c1ccc(Oc2ccc(Cl)cc2[N+](=O)[O-])cc1. The van der Waals surface area contributed by atoms with Crippen molar-refractivity contribution in [3.63, 3.8) is 0 Å². The first kappa shape index (κ1) is 18.7. The molecule has 25 heavy (non-hydrogen) atoms. The van der Waals surface area contributed by atoms with Crippen LogP contribution in [-0.4, -0.2) is 30.7 Å². The van der Waals surface area contributed by atoms with Crippen molar-refractivity contribution in [1.29, 1.82) is 0 Å². The lowest BCUT2D eigenvalue weighted by atomic mass is 10.2. The fourth-order valence-electron chi connectivity index (χ4n) is 1.93. The first-order chi connectivity index (χ1) is 12.0. The minimum Gasteiger partial charge on any atom is -0.460 e. The molecule has 7 nitrogen and oxygen atoms in total. The molecule has 2 aromatic carbocycles. The number of esters is 1. The summed E-state index contributed by atoms with van der Waals surface area (Å²) in [6.45, 7) is 2.91. The number of hydrogen-bond donors (Lipinski definition) is 0. The number of nitrogens with zero attached hydrogens (tertiary/aromatic N) is 1. The number of nitro benzene ring substituents is 1. The highest BCUT2D eigenvalue weighted by Gasteiger charge is 2.16. The molecule has 8 heteroatoms. The van der Waals surface area contributed by atoms with E-state index in [4.69, 9.17) is 25.8 Å². The van der Waals surface area contributed by atoms with Gasteiger partial charge in [-0.3, -0.25) is 10.1 Å². The summed E-state index contributed by atoms with van der Waals surface area (Å²) in [5, 5.41) is 11.3. The van der Waals surface area contributed by atoms with E-state index in [0.29, 0.717) is 24.5 Å². The number of carbonyl (C=O) groups excluding carboxylic acids is 1. The number of benzene rings is 2. The zero-order valence-corrected chi connectivity index (χ0v) is 14.2. The van der Waals surface area contributed by atoms with Crippen LogP contribution in [0.4, 0.5) is 5.69 Å². The summed E-state index contributed by atoms with van der Waals surface area (Å²) in [4.78, 5) is 22.3. The Morgan fingerprint density at radius 3 is 2.52 bits per heavy atom. The van der Waals surface area contributed by atoms with E-state index < -0.39 is 10.9 Å². The van der Waals surface area contributed by atoms with Crippen molar-refractivity contribution >= 4 is 23.3 Å². The molecular formula is C17H16ClNO6. The van der Waals surface area contributed by atoms with Crippen LogP contribution < -0.4 is 4.74 Å². The van der Waals surface area contributed by atoms with E-state index in [1.807, 2.05) is 6.92 Å². The molecule has 0 amide bonds. The van der Waals surface area contributed by atoms with E-state index in [2.05, 4.69) is 0 Å². The highest BCUT2D eigenvalue weighted by atomic mass is 35.5. The summed E-state index contributed by atoms with van der Waals surface area (Å²) >= 11 is 5.76. The van der Waals surface area contributed by atoms with Gasteiger partial charge in [-0.05, 0) is 43.3 Å². The number of ether oxygens (including phenoxy) is 3. The molecule has 2 aromatic rings. The van der Waals surface area contributed by atoms with Crippen molar-refractivity contribution in [2.75, 3.05) is 19.8 Å². The van der Waals surface area contributed by atoms with Gasteiger partial charge in [-0.25, -0.2) is 4.79 Å². The predicted octanol–water partition coefficient (Wildman–Crippen LogP) is 4.23. The Morgan fingerprint density at radius 1 is 1.16 bits per heavy atom. The number of halogens is 1. The summed E-state index contributed by atoms with van der Waals surface area (Å²) in [5.41, 5.74) is 0.0985. The average Bonchev–Trinajstić information content (AvgIpc) is 2.60. The molecule has 0 atom stereocenters. The molecule has 0 aliphatic carbocycles. The molecule has 0 unspecified atom stereocenters. The lowest BCUT2D eigenvalue weighted by Crippen LogP contribution is -2.10. The van der Waals surface area contributed by atoms with Crippen molar-refractivity contribution < 1.29 is 23.9 Å². The third kappa shape index (κ3) is 5.44. The summed E-state index contributed by atoms with van der Waals surface area (Å²) < 4.78 is 15.6. The largest absolute Gasteiger partial charge is 0.460 e. The average molecular weight is 366 g/mol. The van der Waals surface area contributed by atoms with Crippen molar-refractivity contribution in [3.8, 4) is 11.5 Å². The maximum atomic E-state index is 11.8. The molecule has 0 aromatic heterocycles. The van der Waals surface area contributed by atoms with Gasteiger partial charge in [0.25, 0.3) is 0 Å². The van der Waals surface area contributed by atoms with Gasteiger partial charge >= 0.3 is 11.7 Å². The first-order valence-electron chi connectivity index (χ1n) is 7.48. The highest BCUT2D eigenvalue weighted by Crippen LogP contribution is 2.33.